The molecule has 2 aromatic carbocycles. The zero-order valence-electron chi connectivity index (χ0n) is 20.1. The van der Waals surface area contributed by atoms with Crippen LogP contribution in [0.3, 0.4) is 0 Å². The SMILES string of the molecule is O[C@@H]1CCCN(C[C@@H]2CCN(CCc3c[nH]c4ccc(-n5cncn5)cc34)C2)[C@@H]1c1ccccc1. The largest absolute Gasteiger partial charge is 0.391 e. The predicted molar refractivity (Wildman–Crippen MR) is 137 cm³/mol. The molecule has 2 aliphatic rings. The van der Waals surface area contributed by atoms with Crippen LogP contribution in [0.1, 0.15) is 36.4 Å². The van der Waals surface area contributed by atoms with E-state index in [-0.39, 0.29) is 12.1 Å². The average Bonchev–Trinajstić information content (AvgIpc) is 3.65. The first-order valence-electron chi connectivity index (χ1n) is 12.9. The minimum absolute atomic E-state index is 0.129. The lowest BCUT2D eigenvalue weighted by Crippen LogP contribution is -2.44. The predicted octanol–water partition coefficient (Wildman–Crippen LogP) is 3.81. The first-order valence-corrected chi connectivity index (χ1v) is 12.9. The molecule has 0 bridgehead atoms. The number of hydrogen-bond donors (Lipinski definition) is 2. The molecule has 3 atom stereocenters. The molecule has 182 valence electrons. The van der Waals surface area contributed by atoms with Crippen molar-refractivity contribution in [2.75, 3.05) is 32.7 Å². The summed E-state index contributed by atoms with van der Waals surface area (Å²) in [6.07, 6.45) is 9.44. The van der Waals surface area contributed by atoms with Crippen molar-refractivity contribution >= 4 is 10.9 Å². The lowest BCUT2D eigenvalue weighted by Gasteiger charge is -2.40. The lowest BCUT2D eigenvalue weighted by atomic mass is 9.91. The van der Waals surface area contributed by atoms with Gasteiger partial charge in [-0.2, -0.15) is 5.10 Å². The highest BCUT2D eigenvalue weighted by Gasteiger charge is 2.34. The van der Waals surface area contributed by atoms with Crippen LogP contribution < -0.4 is 0 Å². The van der Waals surface area contributed by atoms with Gasteiger partial charge in [0.05, 0.1) is 17.8 Å². The Labute approximate surface area is 206 Å². The zero-order chi connectivity index (χ0) is 23.6. The molecule has 6 rings (SSSR count). The van der Waals surface area contributed by atoms with Crippen molar-refractivity contribution in [3.8, 4) is 5.69 Å². The molecule has 0 amide bonds. The second-order valence-corrected chi connectivity index (χ2v) is 10.1. The van der Waals surface area contributed by atoms with Crippen LogP contribution in [-0.4, -0.2) is 73.5 Å². The monoisotopic (exact) mass is 470 g/mol. The quantitative estimate of drug-likeness (QED) is 0.430. The number of rotatable bonds is 7. The van der Waals surface area contributed by atoms with Crippen LogP contribution in [0.5, 0.6) is 0 Å². The Hall–Kier alpha value is -3.00. The summed E-state index contributed by atoms with van der Waals surface area (Å²) in [4.78, 5) is 12.7. The van der Waals surface area contributed by atoms with Crippen LogP contribution in [0.15, 0.2) is 67.4 Å². The minimum Gasteiger partial charge on any atom is -0.391 e. The van der Waals surface area contributed by atoms with E-state index in [1.54, 1.807) is 12.7 Å². The van der Waals surface area contributed by atoms with Gasteiger partial charge in [-0.15, -0.1) is 0 Å². The van der Waals surface area contributed by atoms with E-state index in [0.717, 1.165) is 57.7 Å². The molecule has 4 heterocycles. The van der Waals surface area contributed by atoms with Crippen LogP contribution >= 0.6 is 0 Å². The third-order valence-corrected chi connectivity index (χ3v) is 7.84. The second kappa shape index (κ2) is 9.93. The molecule has 7 nitrogen and oxygen atoms in total. The highest BCUT2D eigenvalue weighted by atomic mass is 16.3. The van der Waals surface area contributed by atoms with Gasteiger partial charge >= 0.3 is 0 Å². The number of hydrogen-bond acceptors (Lipinski definition) is 5. The van der Waals surface area contributed by atoms with Gasteiger partial charge in [0.2, 0.25) is 0 Å². The molecule has 0 spiro atoms. The normalized spacial score (nSPS) is 23.9. The van der Waals surface area contributed by atoms with Gasteiger partial charge in [0, 0.05) is 36.7 Å². The zero-order valence-corrected chi connectivity index (χ0v) is 20.1. The smallest absolute Gasteiger partial charge is 0.138 e. The summed E-state index contributed by atoms with van der Waals surface area (Å²) in [5.41, 5.74) is 4.81. The molecule has 2 fully saturated rings. The number of benzene rings is 2. The van der Waals surface area contributed by atoms with Crippen LogP contribution in [0.2, 0.25) is 0 Å². The molecule has 2 N–H and O–H groups in total. The van der Waals surface area contributed by atoms with Gasteiger partial charge in [0.25, 0.3) is 0 Å². The van der Waals surface area contributed by atoms with E-state index in [1.165, 1.54) is 28.5 Å². The van der Waals surface area contributed by atoms with Gasteiger partial charge in [-0.1, -0.05) is 30.3 Å². The van der Waals surface area contributed by atoms with Crippen LogP contribution in [0.25, 0.3) is 16.6 Å². The van der Waals surface area contributed by atoms with Crippen LogP contribution in [0, 0.1) is 5.92 Å². The van der Waals surface area contributed by atoms with Crippen molar-refractivity contribution in [2.45, 2.75) is 37.8 Å². The first kappa shape index (κ1) is 22.5. The molecule has 2 saturated heterocycles. The summed E-state index contributed by atoms with van der Waals surface area (Å²) < 4.78 is 1.81. The molecule has 35 heavy (non-hydrogen) atoms. The molecule has 0 saturated carbocycles. The number of aliphatic hydroxyl groups is 1. The first-order chi connectivity index (χ1) is 17.2. The Morgan fingerprint density at radius 1 is 1.06 bits per heavy atom. The van der Waals surface area contributed by atoms with E-state index in [4.69, 9.17) is 0 Å². The summed E-state index contributed by atoms with van der Waals surface area (Å²) in [6, 6.07) is 17.1. The summed E-state index contributed by atoms with van der Waals surface area (Å²) in [6.45, 7) is 5.52. The number of aliphatic hydroxyl groups excluding tert-OH is 1. The third kappa shape index (κ3) is 4.76. The van der Waals surface area contributed by atoms with Gasteiger partial charge in [0.1, 0.15) is 12.7 Å². The fourth-order valence-corrected chi connectivity index (χ4v) is 6.06. The number of nitrogens with zero attached hydrogens (tertiary/aromatic N) is 5. The van der Waals surface area contributed by atoms with E-state index in [1.807, 2.05) is 4.68 Å². The fourth-order valence-electron chi connectivity index (χ4n) is 6.06. The van der Waals surface area contributed by atoms with Gasteiger partial charge in [-0.05, 0) is 74.0 Å². The van der Waals surface area contributed by atoms with Gasteiger partial charge in [0.15, 0.2) is 0 Å². The highest BCUT2D eigenvalue weighted by molar-refractivity contribution is 5.85. The van der Waals surface area contributed by atoms with E-state index >= 15 is 0 Å². The average molecular weight is 471 g/mol. The number of piperidine rings is 1. The maximum absolute atomic E-state index is 10.8. The lowest BCUT2D eigenvalue weighted by molar-refractivity contribution is 0.00252. The molecule has 4 aromatic rings. The maximum atomic E-state index is 10.8. The Kier molecular flexibility index (Phi) is 6.37. The topological polar surface area (TPSA) is 73.2 Å². The number of fused-ring (bicyclic) bond motifs is 1. The Bertz CT molecular complexity index is 1240. The van der Waals surface area contributed by atoms with Gasteiger partial charge in [-0.25, -0.2) is 9.67 Å². The summed E-state index contributed by atoms with van der Waals surface area (Å²) in [5.74, 6) is 0.661. The molecule has 7 heteroatoms. The fraction of sp³-hybridized carbons (Fsp3) is 0.429. The third-order valence-electron chi connectivity index (χ3n) is 7.84. The number of H-pyrrole nitrogens is 1. The van der Waals surface area contributed by atoms with Crippen molar-refractivity contribution < 1.29 is 5.11 Å². The minimum atomic E-state index is -0.270. The molecule has 2 aromatic heterocycles. The maximum Gasteiger partial charge on any atom is 0.138 e. The van der Waals surface area contributed by atoms with Crippen molar-refractivity contribution in [1.29, 1.82) is 0 Å². The van der Waals surface area contributed by atoms with Crippen molar-refractivity contribution in [3.05, 3.63) is 78.5 Å². The van der Waals surface area contributed by atoms with E-state index in [0.29, 0.717) is 5.92 Å². The van der Waals surface area contributed by atoms with E-state index < -0.39 is 0 Å². The molecular weight excluding hydrogens is 436 g/mol. The van der Waals surface area contributed by atoms with E-state index in [2.05, 4.69) is 79.6 Å². The molecule has 2 aliphatic heterocycles. The summed E-state index contributed by atoms with van der Waals surface area (Å²) in [5, 5.41) is 16.3. The standard InChI is InChI=1S/C28H34N6O/c35-27-7-4-12-33(28(27)22-5-2-1-3-6-22)18-21-10-13-32(17-21)14-11-23-16-30-26-9-8-24(15-25(23)26)34-20-29-19-31-34/h1-3,5-6,8-9,15-16,19-21,27-28,30,35H,4,7,10-14,17-18H2/t21-,27-,28-/m1/s1. The van der Waals surface area contributed by atoms with Gasteiger partial charge in [-0.3, -0.25) is 4.90 Å². The number of likely N-dealkylation sites (tertiary alicyclic amines) is 2. The number of nitrogens with one attached hydrogen (secondary N) is 1. The Morgan fingerprint density at radius 2 is 1.97 bits per heavy atom. The molecular formula is C28H34N6O. The van der Waals surface area contributed by atoms with E-state index in [9.17, 15) is 5.11 Å². The Balaban J connectivity index is 1.08. The summed E-state index contributed by atoms with van der Waals surface area (Å²) in [7, 11) is 0. The number of aromatic nitrogens is 4. The van der Waals surface area contributed by atoms with Crippen LogP contribution in [0.4, 0.5) is 0 Å². The van der Waals surface area contributed by atoms with Crippen molar-refractivity contribution in [2.24, 2.45) is 5.92 Å². The van der Waals surface area contributed by atoms with Crippen molar-refractivity contribution in [3.63, 3.8) is 0 Å². The molecule has 0 radical (unpaired) electrons. The number of aromatic amines is 1. The highest BCUT2D eigenvalue weighted by Crippen LogP contribution is 2.33. The summed E-state index contributed by atoms with van der Waals surface area (Å²) >= 11 is 0. The van der Waals surface area contributed by atoms with Crippen LogP contribution in [-0.2, 0) is 6.42 Å². The Morgan fingerprint density at radius 3 is 2.83 bits per heavy atom. The molecule has 0 aliphatic carbocycles. The van der Waals surface area contributed by atoms with Crippen molar-refractivity contribution in [1.82, 2.24) is 29.5 Å². The molecule has 0 unspecified atom stereocenters. The van der Waals surface area contributed by atoms with Gasteiger partial charge < -0.3 is 15.0 Å². The second-order valence-electron chi connectivity index (χ2n) is 10.1.